The number of hydrogen-bond donors (Lipinski definition) is 1. The van der Waals surface area contributed by atoms with E-state index in [4.69, 9.17) is 15.2 Å². The maximum atomic E-state index is 12.6. The molecule has 2 N–H and O–H groups in total. The molecular weight excluding hydrogens is 223 g/mol. The number of hydrogen-bond acceptors (Lipinski definition) is 3. The van der Waals surface area contributed by atoms with Crippen molar-refractivity contribution in [3.8, 4) is 11.5 Å². The van der Waals surface area contributed by atoms with Gasteiger partial charge in [-0.15, -0.1) is 0 Å². The molecule has 3 nitrogen and oxygen atoms in total. The standard InChI is InChI=1S/C10H12F3NO2/c1-15-8-3-6(5-14)7(10(11,12)13)4-9(8)16-2/h3-4H,5,14H2,1-2H3. The Labute approximate surface area is 91.0 Å². The molecule has 0 saturated heterocycles. The van der Waals surface area contributed by atoms with E-state index in [1.165, 1.54) is 20.3 Å². The molecule has 0 radical (unpaired) electrons. The third-order valence-corrected chi connectivity index (χ3v) is 2.13. The molecule has 0 saturated carbocycles. The molecule has 0 unspecified atom stereocenters. The van der Waals surface area contributed by atoms with Crippen LogP contribution in [-0.4, -0.2) is 14.2 Å². The molecule has 0 spiro atoms. The van der Waals surface area contributed by atoms with Gasteiger partial charge in [-0.3, -0.25) is 0 Å². The first kappa shape index (κ1) is 12.6. The Morgan fingerprint density at radius 2 is 1.62 bits per heavy atom. The lowest BCUT2D eigenvalue weighted by Gasteiger charge is -2.15. The van der Waals surface area contributed by atoms with E-state index < -0.39 is 11.7 Å². The van der Waals surface area contributed by atoms with Gasteiger partial charge in [0, 0.05) is 6.54 Å². The minimum absolute atomic E-state index is 0.0230. The van der Waals surface area contributed by atoms with E-state index in [9.17, 15) is 13.2 Å². The van der Waals surface area contributed by atoms with Gasteiger partial charge in [0.05, 0.1) is 19.8 Å². The van der Waals surface area contributed by atoms with Gasteiger partial charge in [-0.2, -0.15) is 13.2 Å². The quantitative estimate of drug-likeness (QED) is 0.873. The van der Waals surface area contributed by atoms with Gasteiger partial charge in [0.1, 0.15) is 0 Å². The van der Waals surface area contributed by atoms with Crippen LogP contribution in [0.1, 0.15) is 11.1 Å². The van der Waals surface area contributed by atoms with Gasteiger partial charge in [0.2, 0.25) is 0 Å². The van der Waals surface area contributed by atoms with Crippen molar-refractivity contribution in [2.45, 2.75) is 12.7 Å². The summed E-state index contributed by atoms with van der Waals surface area (Å²) in [4.78, 5) is 0. The van der Waals surface area contributed by atoms with E-state index in [1.807, 2.05) is 0 Å². The summed E-state index contributed by atoms with van der Waals surface area (Å²) in [5, 5.41) is 0. The Morgan fingerprint density at radius 3 is 2.00 bits per heavy atom. The molecule has 0 aliphatic carbocycles. The second-order valence-corrected chi connectivity index (χ2v) is 3.07. The maximum Gasteiger partial charge on any atom is 0.416 e. The zero-order chi connectivity index (χ0) is 12.3. The van der Waals surface area contributed by atoms with Crippen molar-refractivity contribution in [3.05, 3.63) is 23.3 Å². The zero-order valence-corrected chi connectivity index (χ0v) is 8.89. The highest BCUT2D eigenvalue weighted by Crippen LogP contribution is 2.38. The highest BCUT2D eigenvalue weighted by atomic mass is 19.4. The first-order chi connectivity index (χ1) is 7.43. The average Bonchev–Trinajstić information content (AvgIpc) is 2.25. The van der Waals surface area contributed by atoms with Crippen LogP contribution in [0.25, 0.3) is 0 Å². The molecule has 0 fully saturated rings. The van der Waals surface area contributed by atoms with Crippen LogP contribution in [0.2, 0.25) is 0 Å². The predicted octanol–water partition coefficient (Wildman–Crippen LogP) is 2.18. The van der Waals surface area contributed by atoms with Gasteiger partial charge in [0.25, 0.3) is 0 Å². The topological polar surface area (TPSA) is 44.5 Å². The van der Waals surface area contributed by atoms with E-state index >= 15 is 0 Å². The number of benzene rings is 1. The summed E-state index contributed by atoms with van der Waals surface area (Å²) in [5.74, 6) is 0.267. The van der Waals surface area contributed by atoms with E-state index in [-0.39, 0.29) is 23.6 Å². The summed E-state index contributed by atoms with van der Waals surface area (Å²) in [6.45, 7) is -0.213. The van der Waals surface area contributed by atoms with Gasteiger partial charge in [0.15, 0.2) is 11.5 Å². The molecule has 1 aromatic carbocycles. The molecule has 1 aromatic rings. The fourth-order valence-corrected chi connectivity index (χ4v) is 1.35. The number of halogens is 3. The number of ether oxygens (including phenoxy) is 2. The summed E-state index contributed by atoms with van der Waals surface area (Å²) >= 11 is 0. The first-order valence-corrected chi connectivity index (χ1v) is 4.46. The highest BCUT2D eigenvalue weighted by molar-refractivity contribution is 5.48. The summed E-state index contributed by atoms with van der Waals surface area (Å²) in [6, 6.07) is 2.13. The molecule has 6 heteroatoms. The SMILES string of the molecule is COc1cc(CN)c(C(F)(F)F)cc1OC. The Bertz CT molecular complexity index is 377. The number of rotatable bonds is 3. The summed E-state index contributed by atoms with van der Waals surface area (Å²) in [7, 11) is 2.63. The predicted molar refractivity (Wildman–Crippen MR) is 52.4 cm³/mol. The van der Waals surface area contributed by atoms with E-state index in [0.29, 0.717) is 0 Å². The van der Waals surface area contributed by atoms with Gasteiger partial charge in [-0.05, 0) is 17.7 Å². The van der Waals surface area contributed by atoms with Crippen molar-refractivity contribution in [1.29, 1.82) is 0 Å². The number of methoxy groups -OCH3 is 2. The van der Waals surface area contributed by atoms with Crippen molar-refractivity contribution in [3.63, 3.8) is 0 Å². The van der Waals surface area contributed by atoms with Gasteiger partial charge >= 0.3 is 6.18 Å². The number of nitrogens with two attached hydrogens (primary N) is 1. The molecule has 1 rings (SSSR count). The Kier molecular flexibility index (Phi) is 3.64. The zero-order valence-electron chi connectivity index (χ0n) is 8.89. The van der Waals surface area contributed by atoms with Crippen LogP contribution in [-0.2, 0) is 12.7 Å². The molecule has 90 valence electrons. The van der Waals surface area contributed by atoms with Crippen molar-refractivity contribution in [1.82, 2.24) is 0 Å². The third kappa shape index (κ3) is 2.38. The summed E-state index contributed by atoms with van der Waals surface area (Å²) in [6.07, 6.45) is -4.45. The van der Waals surface area contributed by atoms with E-state index in [2.05, 4.69) is 0 Å². The largest absolute Gasteiger partial charge is 0.493 e. The molecule has 0 aromatic heterocycles. The first-order valence-electron chi connectivity index (χ1n) is 4.46. The van der Waals surface area contributed by atoms with Crippen LogP contribution in [0.5, 0.6) is 11.5 Å². The fourth-order valence-electron chi connectivity index (χ4n) is 1.35. The number of alkyl halides is 3. The van der Waals surface area contributed by atoms with Gasteiger partial charge in [-0.1, -0.05) is 0 Å². The lowest BCUT2D eigenvalue weighted by atomic mass is 10.1. The minimum atomic E-state index is -4.45. The molecule has 0 amide bonds. The van der Waals surface area contributed by atoms with Crippen molar-refractivity contribution in [2.24, 2.45) is 5.73 Å². The van der Waals surface area contributed by atoms with Crippen LogP contribution in [0.4, 0.5) is 13.2 Å². The normalized spacial score (nSPS) is 11.4. The van der Waals surface area contributed by atoms with Gasteiger partial charge < -0.3 is 15.2 Å². The molecule has 0 atom stereocenters. The van der Waals surface area contributed by atoms with Crippen LogP contribution in [0.3, 0.4) is 0 Å². The highest BCUT2D eigenvalue weighted by Gasteiger charge is 2.34. The van der Waals surface area contributed by atoms with Crippen LogP contribution in [0.15, 0.2) is 12.1 Å². The summed E-state index contributed by atoms with van der Waals surface area (Å²) < 4.78 is 47.6. The monoisotopic (exact) mass is 235 g/mol. The minimum Gasteiger partial charge on any atom is -0.493 e. The van der Waals surface area contributed by atoms with Crippen LogP contribution >= 0.6 is 0 Å². The van der Waals surface area contributed by atoms with Crippen LogP contribution < -0.4 is 15.2 Å². The Morgan fingerprint density at radius 1 is 1.12 bits per heavy atom. The average molecular weight is 235 g/mol. The summed E-state index contributed by atoms with van der Waals surface area (Å²) in [5.41, 5.74) is 4.44. The molecular formula is C10H12F3NO2. The molecule has 0 bridgehead atoms. The lowest BCUT2D eigenvalue weighted by Crippen LogP contribution is -2.12. The second kappa shape index (κ2) is 4.61. The van der Waals surface area contributed by atoms with Crippen molar-refractivity contribution < 1.29 is 22.6 Å². The molecule has 16 heavy (non-hydrogen) atoms. The fraction of sp³-hybridized carbons (Fsp3) is 0.400. The van der Waals surface area contributed by atoms with Crippen LogP contribution in [0, 0.1) is 0 Å². The van der Waals surface area contributed by atoms with E-state index in [0.717, 1.165) is 6.07 Å². The smallest absolute Gasteiger partial charge is 0.416 e. The van der Waals surface area contributed by atoms with E-state index in [1.54, 1.807) is 0 Å². The van der Waals surface area contributed by atoms with Crippen molar-refractivity contribution >= 4 is 0 Å². The second-order valence-electron chi connectivity index (χ2n) is 3.07. The Balaban J connectivity index is 3.38. The molecule has 0 heterocycles. The third-order valence-electron chi connectivity index (χ3n) is 2.13. The van der Waals surface area contributed by atoms with Gasteiger partial charge in [-0.25, -0.2) is 0 Å². The lowest BCUT2D eigenvalue weighted by molar-refractivity contribution is -0.138. The van der Waals surface area contributed by atoms with Crippen molar-refractivity contribution in [2.75, 3.05) is 14.2 Å². The maximum absolute atomic E-state index is 12.6. The molecule has 0 aliphatic heterocycles. The Hall–Kier alpha value is -1.43. The molecule has 0 aliphatic rings.